The van der Waals surface area contributed by atoms with Crippen molar-refractivity contribution in [3.63, 3.8) is 0 Å². The smallest absolute Gasteiger partial charge is 0.229 e. The number of pyridine rings is 1. The summed E-state index contributed by atoms with van der Waals surface area (Å²) >= 11 is 0. The first-order valence-corrected chi connectivity index (χ1v) is 13.8. The summed E-state index contributed by atoms with van der Waals surface area (Å²) in [4.78, 5) is 16.1. The number of hydrogen-bond acceptors (Lipinski definition) is 8. The molecule has 8 nitrogen and oxygen atoms in total. The fraction of sp³-hybridized carbons (Fsp3) is 0.500. The molecule has 2 heterocycles. The van der Waals surface area contributed by atoms with Crippen LogP contribution >= 0.6 is 0 Å². The Morgan fingerprint density at radius 3 is 2.58 bits per heavy atom. The van der Waals surface area contributed by atoms with Crippen molar-refractivity contribution in [3.05, 3.63) is 54.0 Å². The molecule has 1 spiro atoms. The minimum absolute atomic E-state index is 0.225. The van der Waals surface area contributed by atoms with Crippen molar-refractivity contribution in [1.29, 1.82) is 0 Å². The highest BCUT2D eigenvalue weighted by Gasteiger charge is 2.37. The van der Waals surface area contributed by atoms with E-state index in [0.717, 1.165) is 48.6 Å². The molecule has 3 aliphatic rings. The average Bonchev–Trinajstić information content (AvgIpc) is 3.33. The van der Waals surface area contributed by atoms with Crippen LogP contribution in [0.25, 0.3) is 0 Å². The van der Waals surface area contributed by atoms with Crippen LogP contribution in [0.5, 0.6) is 11.5 Å². The summed E-state index contributed by atoms with van der Waals surface area (Å²) in [5.74, 6) is 2.69. The number of fused-ring (bicyclic) bond motifs is 1. The second-order valence-electron chi connectivity index (χ2n) is 11.4. The van der Waals surface area contributed by atoms with E-state index in [2.05, 4.69) is 45.7 Å². The average molecular weight is 515 g/mol. The van der Waals surface area contributed by atoms with Crippen molar-refractivity contribution in [3.8, 4) is 11.5 Å². The van der Waals surface area contributed by atoms with Crippen molar-refractivity contribution < 1.29 is 9.47 Å². The first-order chi connectivity index (χ1) is 18.5. The van der Waals surface area contributed by atoms with Gasteiger partial charge in [-0.3, -0.25) is 4.98 Å². The molecule has 0 saturated heterocycles. The molecular formula is C30H38N6O2. The summed E-state index contributed by atoms with van der Waals surface area (Å²) in [6, 6.07) is 10.6. The Kier molecular flexibility index (Phi) is 6.82. The number of hydrogen-bond donors (Lipinski definition) is 2. The van der Waals surface area contributed by atoms with E-state index < -0.39 is 0 Å². The van der Waals surface area contributed by atoms with E-state index in [0.29, 0.717) is 23.2 Å². The quantitative estimate of drug-likeness (QED) is 0.385. The van der Waals surface area contributed by atoms with Gasteiger partial charge in [0.2, 0.25) is 5.95 Å². The van der Waals surface area contributed by atoms with Crippen LogP contribution < -0.4 is 20.1 Å². The summed E-state index contributed by atoms with van der Waals surface area (Å²) in [5.41, 5.74) is 4.97. The van der Waals surface area contributed by atoms with E-state index in [-0.39, 0.29) is 6.10 Å². The molecule has 0 bridgehead atoms. The van der Waals surface area contributed by atoms with Crippen molar-refractivity contribution >= 4 is 23.1 Å². The van der Waals surface area contributed by atoms with Gasteiger partial charge in [0.05, 0.1) is 19.0 Å². The molecule has 0 amide bonds. The first kappa shape index (κ1) is 24.9. The predicted molar refractivity (Wildman–Crippen MR) is 150 cm³/mol. The van der Waals surface area contributed by atoms with Crippen LogP contribution in [0.3, 0.4) is 0 Å². The molecule has 1 aromatic carbocycles. The first-order valence-electron chi connectivity index (χ1n) is 13.8. The van der Waals surface area contributed by atoms with Gasteiger partial charge in [-0.05, 0) is 94.3 Å². The number of rotatable bonds is 8. The number of benzene rings is 1. The fourth-order valence-corrected chi connectivity index (χ4v) is 6.26. The molecule has 0 radical (unpaired) electrons. The largest absolute Gasteiger partial charge is 0.493 e. The molecule has 3 aromatic rings. The minimum atomic E-state index is 0.225. The van der Waals surface area contributed by atoms with Gasteiger partial charge in [-0.1, -0.05) is 12.8 Å². The van der Waals surface area contributed by atoms with Gasteiger partial charge < -0.3 is 25.0 Å². The molecule has 38 heavy (non-hydrogen) atoms. The molecule has 2 fully saturated rings. The van der Waals surface area contributed by atoms with Crippen molar-refractivity contribution in [2.45, 2.75) is 69.9 Å². The summed E-state index contributed by atoms with van der Waals surface area (Å²) in [6.45, 7) is 0. The normalized spacial score (nSPS) is 21.6. The Labute approximate surface area is 225 Å². The zero-order valence-corrected chi connectivity index (χ0v) is 22.7. The highest BCUT2D eigenvalue weighted by atomic mass is 16.5. The van der Waals surface area contributed by atoms with Crippen LogP contribution in [0, 0.1) is 5.41 Å². The molecule has 2 saturated carbocycles. The molecule has 8 heteroatoms. The second-order valence-corrected chi connectivity index (χ2v) is 11.4. The van der Waals surface area contributed by atoms with Crippen LogP contribution in [0.15, 0.2) is 42.7 Å². The molecule has 3 aliphatic carbocycles. The van der Waals surface area contributed by atoms with Crippen molar-refractivity contribution in [1.82, 2.24) is 19.9 Å². The fourth-order valence-electron chi connectivity index (χ4n) is 6.26. The van der Waals surface area contributed by atoms with Gasteiger partial charge in [0, 0.05) is 29.7 Å². The SMILES string of the molecule is COc1cc(Nc2nccc(Nc3cnc4c(c3)CC3(CCCC3)CC4)n2)ccc1OC1CC(N(C)C)C1. The van der Waals surface area contributed by atoms with E-state index in [1.165, 1.54) is 43.4 Å². The topological polar surface area (TPSA) is 84.4 Å². The van der Waals surface area contributed by atoms with Crippen LogP contribution in [0.1, 0.15) is 56.2 Å². The lowest BCUT2D eigenvalue weighted by Crippen LogP contribution is -2.46. The Balaban J connectivity index is 1.11. The predicted octanol–water partition coefficient (Wildman–Crippen LogP) is 5.89. The Morgan fingerprint density at radius 2 is 1.79 bits per heavy atom. The van der Waals surface area contributed by atoms with Gasteiger partial charge in [0.25, 0.3) is 0 Å². The van der Waals surface area contributed by atoms with Crippen molar-refractivity contribution in [2.75, 3.05) is 31.8 Å². The molecule has 200 valence electrons. The number of nitrogens with one attached hydrogen (secondary N) is 2. The number of aryl methyl sites for hydroxylation is 1. The van der Waals surface area contributed by atoms with Gasteiger partial charge in [-0.2, -0.15) is 4.98 Å². The lowest BCUT2D eigenvalue weighted by molar-refractivity contribution is 0.0383. The second kappa shape index (κ2) is 10.4. The third kappa shape index (κ3) is 5.27. The lowest BCUT2D eigenvalue weighted by Gasteiger charge is -2.39. The van der Waals surface area contributed by atoms with E-state index in [1.807, 2.05) is 30.5 Å². The molecular weight excluding hydrogens is 476 g/mol. The van der Waals surface area contributed by atoms with Crippen molar-refractivity contribution in [2.24, 2.45) is 5.41 Å². The number of anilines is 4. The Bertz CT molecular complexity index is 1280. The summed E-state index contributed by atoms with van der Waals surface area (Å²) in [5, 5.41) is 6.73. The maximum Gasteiger partial charge on any atom is 0.229 e. The molecule has 6 rings (SSSR count). The lowest BCUT2D eigenvalue weighted by atomic mass is 9.72. The van der Waals surface area contributed by atoms with Crippen LogP contribution in [0.2, 0.25) is 0 Å². The van der Waals surface area contributed by atoms with E-state index in [1.54, 1.807) is 13.3 Å². The number of nitrogens with zero attached hydrogens (tertiary/aromatic N) is 4. The molecule has 2 aromatic heterocycles. The van der Waals surface area contributed by atoms with Gasteiger partial charge in [0.1, 0.15) is 11.9 Å². The number of ether oxygens (including phenoxy) is 2. The van der Waals surface area contributed by atoms with Gasteiger partial charge in [-0.15, -0.1) is 0 Å². The monoisotopic (exact) mass is 514 g/mol. The van der Waals surface area contributed by atoms with E-state index in [9.17, 15) is 0 Å². The maximum absolute atomic E-state index is 6.19. The highest BCUT2D eigenvalue weighted by Crippen LogP contribution is 2.47. The molecule has 0 aliphatic heterocycles. The van der Waals surface area contributed by atoms with Crippen LogP contribution in [0.4, 0.5) is 23.1 Å². The summed E-state index contributed by atoms with van der Waals surface area (Å²) in [6.07, 6.45) is 15.0. The highest BCUT2D eigenvalue weighted by molar-refractivity contribution is 5.62. The van der Waals surface area contributed by atoms with Gasteiger partial charge in [-0.25, -0.2) is 4.98 Å². The Hall–Kier alpha value is -3.39. The number of aromatic nitrogens is 3. The third-order valence-corrected chi connectivity index (χ3v) is 8.62. The summed E-state index contributed by atoms with van der Waals surface area (Å²) < 4.78 is 11.8. The maximum atomic E-state index is 6.19. The summed E-state index contributed by atoms with van der Waals surface area (Å²) in [7, 11) is 5.89. The third-order valence-electron chi connectivity index (χ3n) is 8.62. The standard InChI is InChI=1S/C30H38N6O2/c1-36(2)23-16-24(17-23)38-26-7-6-21(15-27(26)37-3)34-29-31-13-9-28(35-29)33-22-14-20-18-30(10-4-5-11-30)12-8-25(20)32-19-22/h6-7,9,13-15,19,23-24H,4-5,8,10-12,16-18H2,1-3H3,(H2,31,33,34,35). The zero-order chi connectivity index (χ0) is 26.1. The minimum Gasteiger partial charge on any atom is -0.493 e. The number of methoxy groups -OCH3 is 1. The molecule has 0 unspecified atom stereocenters. The van der Waals surface area contributed by atoms with Gasteiger partial charge in [0.15, 0.2) is 11.5 Å². The molecule has 2 N–H and O–H groups in total. The van der Waals surface area contributed by atoms with E-state index in [4.69, 9.17) is 14.5 Å². The van der Waals surface area contributed by atoms with Gasteiger partial charge >= 0.3 is 0 Å². The van der Waals surface area contributed by atoms with Crippen LogP contribution in [-0.4, -0.2) is 53.2 Å². The van der Waals surface area contributed by atoms with E-state index >= 15 is 0 Å². The Morgan fingerprint density at radius 1 is 0.947 bits per heavy atom. The zero-order valence-electron chi connectivity index (χ0n) is 22.7. The molecule has 0 atom stereocenters. The van der Waals surface area contributed by atoms with Crippen LogP contribution in [-0.2, 0) is 12.8 Å².